The van der Waals surface area contributed by atoms with Crippen LogP contribution in [-0.2, 0) is 6.54 Å². The number of hydrogen-bond donors (Lipinski definition) is 1. The molecule has 0 amide bonds. The van der Waals surface area contributed by atoms with Gasteiger partial charge in [-0.05, 0) is 24.3 Å². The number of benzene rings is 2. The van der Waals surface area contributed by atoms with Crippen molar-refractivity contribution in [2.75, 3.05) is 7.11 Å². The molecule has 7 nitrogen and oxygen atoms in total. The van der Waals surface area contributed by atoms with E-state index in [1.165, 1.54) is 25.3 Å². The molecule has 9 heteroatoms. The van der Waals surface area contributed by atoms with Gasteiger partial charge in [0.15, 0.2) is 5.82 Å². The summed E-state index contributed by atoms with van der Waals surface area (Å²) in [5, 5.41) is 14.7. The van der Waals surface area contributed by atoms with Crippen LogP contribution in [0.4, 0.5) is 4.39 Å². The minimum atomic E-state index is -1.09. The molecule has 0 atom stereocenters. The van der Waals surface area contributed by atoms with E-state index in [9.17, 15) is 14.3 Å². The van der Waals surface area contributed by atoms with Crippen molar-refractivity contribution in [1.82, 2.24) is 19.7 Å². The summed E-state index contributed by atoms with van der Waals surface area (Å²) < 4.78 is 20.3. The highest BCUT2D eigenvalue weighted by Crippen LogP contribution is 2.26. The van der Waals surface area contributed by atoms with Crippen LogP contribution in [0.3, 0.4) is 0 Å². The van der Waals surface area contributed by atoms with Crippen LogP contribution < -0.4 is 4.74 Å². The summed E-state index contributed by atoms with van der Waals surface area (Å²) in [6, 6.07) is 7.28. The van der Waals surface area contributed by atoms with Crippen LogP contribution >= 0.6 is 11.6 Å². The lowest BCUT2D eigenvalue weighted by molar-refractivity contribution is 0.0698. The van der Waals surface area contributed by atoms with Crippen molar-refractivity contribution in [3.8, 4) is 17.1 Å². The quantitative estimate of drug-likeness (QED) is 0.532. The van der Waals surface area contributed by atoms with Crippen molar-refractivity contribution in [1.29, 1.82) is 0 Å². The molecule has 0 spiro atoms. The number of fused-ring (bicyclic) bond motifs is 1. The molecule has 0 aliphatic heterocycles. The van der Waals surface area contributed by atoms with Crippen molar-refractivity contribution in [3.05, 3.63) is 70.9 Å². The third-order valence-corrected chi connectivity index (χ3v) is 4.55. The number of ether oxygens (including phenoxy) is 1. The Balaban J connectivity index is 1.66. The fourth-order valence-electron chi connectivity index (χ4n) is 3.05. The number of carboxylic acid groups (broad SMARTS) is 1. The summed E-state index contributed by atoms with van der Waals surface area (Å²) in [5.41, 5.74) is 1.71. The van der Waals surface area contributed by atoms with Gasteiger partial charge in [0.25, 0.3) is 0 Å². The highest BCUT2D eigenvalue weighted by molar-refractivity contribution is 6.32. The van der Waals surface area contributed by atoms with Crippen LogP contribution in [0.1, 0.15) is 15.9 Å². The fourth-order valence-corrected chi connectivity index (χ4v) is 3.27. The van der Waals surface area contributed by atoms with Gasteiger partial charge in [-0.25, -0.2) is 19.2 Å². The monoisotopic (exact) mass is 412 g/mol. The van der Waals surface area contributed by atoms with Gasteiger partial charge in [-0.1, -0.05) is 11.6 Å². The summed E-state index contributed by atoms with van der Waals surface area (Å²) in [6.45, 7) is 0.262. The van der Waals surface area contributed by atoms with E-state index < -0.39 is 11.8 Å². The Kier molecular flexibility index (Phi) is 4.85. The minimum Gasteiger partial charge on any atom is -0.497 e. The van der Waals surface area contributed by atoms with E-state index >= 15 is 0 Å². The zero-order valence-corrected chi connectivity index (χ0v) is 15.9. The molecular formula is C20H14ClFN4O3. The zero-order chi connectivity index (χ0) is 20.5. The van der Waals surface area contributed by atoms with E-state index in [0.717, 1.165) is 0 Å². The summed E-state index contributed by atoms with van der Waals surface area (Å²) in [4.78, 5) is 20.2. The lowest BCUT2D eigenvalue weighted by Gasteiger charge is -2.08. The number of methoxy groups -OCH3 is 1. The van der Waals surface area contributed by atoms with Crippen LogP contribution in [-0.4, -0.2) is 37.9 Å². The van der Waals surface area contributed by atoms with E-state index in [4.69, 9.17) is 16.3 Å². The van der Waals surface area contributed by atoms with E-state index in [1.807, 2.05) is 0 Å². The molecule has 4 aromatic rings. The second-order valence-electron chi connectivity index (χ2n) is 6.29. The smallest absolute Gasteiger partial charge is 0.337 e. The first-order chi connectivity index (χ1) is 13.9. The first kappa shape index (κ1) is 18.8. The molecule has 2 aromatic carbocycles. The van der Waals surface area contributed by atoms with E-state index in [0.29, 0.717) is 38.6 Å². The number of rotatable bonds is 5. The van der Waals surface area contributed by atoms with Crippen molar-refractivity contribution < 1.29 is 19.0 Å². The van der Waals surface area contributed by atoms with Crippen LogP contribution in [0.5, 0.6) is 5.75 Å². The summed E-state index contributed by atoms with van der Waals surface area (Å²) in [5.74, 6) is -0.828. The molecule has 0 saturated carbocycles. The topological polar surface area (TPSA) is 90.1 Å². The number of halogens is 2. The van der Waals surface area contributed by atoms with Crippen LogP contribution in [0.2, 0.25) is 5.02 Å². The maximum Gasteiger partial charge on any atom is 0.337 e. The molecule has 0 fully saturated rings. The van der Waals surface area contributed by atoms with Crippen molar-refractivity contribution in [2.45, 2.75) is 6.54 Å². The molecule has 1 N–H and O–H groups in total. The van der Waals surface area contributed by atoms with Gasteiger partial charge in [-0.3, -0.25) is 4.68 Å². The van der Waals surface area contributed by atoms with E-state index in [1.54, 1.807) is 35.4 Å². The molecule has 29 heavy (non-hydrogen) atoms. The second-order valence-corrected chi connectivity index (χ2v) is 6.73. The Hall–Kier alpha value is -3.52. The Labute approximate surface area is 169 Å². The van der Waals surface area contributed by atoms with Crippen molar-refractivity contribution >= 4 is 28.5 Å². The molecule has 0 aliphatic carbocycles. The molecule has 146 valence electrons. The van der Waals surface area contributed by atoms with E-state index in [-0.39, 0.29) is 12.1 Å². The van der Waals surface area contributed by atoms with Gasteiger partial charge in [-0.15, -0.1) is 0 Å². The maximum atomic E-state index is 13.7. The normalized spacial score (nSPS) is 11.0. The summed E-state index contributed by atoms with van der Waals surface area (Å²) in [6.07, 6.45) is 4.73. The predicted octanol–water partition coefficient (Wildman–Crippen LogP) is 4.04. The Morgan fingerprint density at radius 2 is 1.93 bits per heavy atom. The van der Waals surface area contributed by atoms with Gasteiger partial charge in [0.1, 0.15) is 11.6 Å². The van der Waals surface area contributed by atoms with Crippen LogP contribution in [0, 0.1) is 5.82 Å². The highest BCUT2D eigenvalue weighted by Gasteiger charge is 2.16. The average Bonchev–Trinajstić information content (AvgIpc) is 3.09. The number of nitrogens with zero attached hydrogens (tertiary/aromatic N) is 4. The van der Waals surface area contributed by atoms with Crippen LogP contribution in [0.25, 0.3) is 22.3 Å². The number of aromatic carboxylic acids is 1. The Morgan fingerprint density at radius 1 is 1.17 bits per heavy atom. The molecule has 0 radical (unpaired) electrons. The van der Waals surface area contributed by atoms with Gasteiger partial charge in [0, 0.05) is 40.0 Å². The lowest BCUT2D eigenvalue weighted by Crippen LogP contribution is -2.07. The van der Waals surface area contributed by atoms with Gasteiger partial charge in [-0.2, -0.15) is 5.10 Å². The first-order valence-corrected chi connectivity index (χ1v) is 8.86. The zero-order valence-electron chi connectivity index (χ0n) is 15.1. The molecule has 0 bridgehead atoms. The molecule has 4 rings (SSSR count). The fraction of sp³-hybridized carbons (Fsp3) is 0.100. The van der Waals surface area contributed by atoms with Gasteiger partial charge in [0.2, 0.25) is 0 Å². The molecular weight excluding hydrogens is 399 g/mol. The summed E-state index contributed by atoms with van der Waals surface area (Å²) in [7, 11) is 1.45. The van der Waals surface area contributed by atoms with Crippen molar-refractivity contribution in [3.63, 3.8) is 0 Å². The SMILES string of the molecule is COc1cc(F)cc(-c2ncc(Cn3ncc4cc(Cl)cc(C(=O)O)c43)cn2)c1. The second kappa shape index (κ2) is 7.48. The standard InChI is InChI=1S/C20H14ClFN4O3/c1-29-16-4-12(3-15(22)6-16)19-23-7-11(8-24-19)10-26-18-13(9-25-26)2-14(21)5-17(18)20(27)28/h2-9H,10H2,1H3,(H,27,28). The predicted molar refractivity (Wildman–Crippen MR) is 105 cm³/mol. The third-order valence-electron chi connectivity index (χ3n) is 4.33. The van der Waals surface area contributed by atoms with Crippen LogP contribution in [0.15, 0.2) is 48.9 Å². The Morgan fingerprint density at radius 3 is 2.62 bits per heavy atom. The summed E-state index contributed by atoms with van der Waals surface area (Å²) >= 11 is 5.99. The number of carbonyl (C=O) groups is 1. The third kappa shape index (κ3) is 3.74. The number of hydrogen-bond acceptors (Lipinski definition) is 5. The molecule has 0 saturated heterocycles. The molecule has 2 aromatic heterocycles. The number of carboxylic acids is 1. The van der Waals surface area contributed by atoms with Gasteiger partial charge in [0.05, 0.1) is 30.9 Å². The molecule has 0 unspecified atom stereocenters. The van der Waals surface area contributed by atoms with Gasteiger partial charge >= 0.3 is 5.97 Å². The van der Waals surface area contributed by atoms with Crippen molar-refractivity contribution in [2.24, 2.45) is 0 Å². The van der Waals surface area contributed by atoms with E-state index in [2.05, 4.69) is 15.1 Å². The first-order valence-electron chi connectivity index (χ1n) is 8.49. The largest absolute Gasteiger partial charge is 0.497 e. The average molecular weight is 413 g/mol. The molecule has 0 aliphatic rings. The Bertz CT molecular complexity index is 1220. The molecule has 2 heterocycles. The minimum absolute atomic E-state index is 0.0643. The number of aromatic nitrogens is 4. The highest BCUT2D eigenvalue weighted by atomic mass is 35.5. The maximum absolute atomic E-state index is 13.7. The van der Waals surface area contributed by atoms with Gasteiger partial charge < -0.3 is 9.84 Å². The lowest BCUT2D eigenvalue weighted by atomic mass is 10.1.